The first-order valence-electron chi connectivity index (χ1n) is 27.5. The van der Waals surface area contributed by atoms with Gasteiger partial charge in [0.25, 0.3) is 0 Å². The molecule has 0 amide bonds. The molecule has 0 aliphatic carbocycles. The number of carbonyl (C=O) groups excluding carboxylic acids is 2. The van der Waals surface area contributed by atoms with E-state index in [1.54, 1.807) is 99.6 Å². The van der Waals surface area contributed by atoms with Crippen molar-refractivity contribution in [3.63, 3.8) is 0 Å². The van der Waals surface area contributed by atoms with Crippen molar-refractivity contribution in [3.05, 3.63) is 212 Å². The van der Waals surface area contributed by atoms with E-state index in [2.05, 4.69) is 4.74 Å². The number of carboxylic acids is 1. The molecule has 1 N–H and O–H groups in total. The standard InChI is InChI=1S/C21H23F2NO4S.C21H23F2NO3S.C20H21F2NO4S/c1-14-8-9-20(15-6-4-3-5-7-15)29(26,27)24(14)13-17-11-18(22)16(10-19(17)23)12-21(25)28-2;1-14-8-9-21(16-6-4-3-5-7-16)28(26,27)24(14)13-18-12-19(22)17(10-15(2)25)11-20(18)23;1-13-7-8-19(14-5-3-2-4-6-14)28(26,27)23(13)12-16-10-17(21)15(9-18(16)22)11-20(24)25/h3-7,10-11,14,20H,8-9,12-13H2,1-2H3;3-7,11-12,14,21H,8-10,13H2,1-2H3;2-6,9-10,13,19H,7-8,11-12H2,1H3,(H,24,25)/t14-,20+;14-,21+;13-,19+/m000/s1. The number of methoxy groups -OCH3 is 1. The van der Waals surface area contributed by atoms with E-state index >= 15 is 0 Å². The molecule has 6 aromatic rings. The second-order valence-corrected chi connectivity index (χ2v) is 27.8. The zero-order valence-corrected chi connectivity index (χ0v) is 49.9. The molecule has 3 saturated heterocycles. The third-order valence-electron chi connectivity index (χ3n) is 15.6. The lowest BCUT2D eigenvalue weighted by atomic mass is 10.0. The van der Waals surface area contributed by atoms with Gasteiger partial charge in [-0.05, 0) is 125 Å². The zero-order chi connectivity index (χ0) is 62.1. The Labute approximate surface area is 492 Å². The largest absolute Gasteiger partial charge is 0.481 e. The molecule has 0 saturated carbocycles. The van der Waals surface area contributed by atoms with Crippen LogP contribution < -0.4 is 0 Å². The Balaban J connectivity index is 0.000000183. The molecular weight excluding hydrogens is 1170 g/mol. The molecular formula is C62H67F6N3O11S3. The monoisotopic (exact) mass is 1240 g/mol. The maximum Gasteiger partial charge on any atom is 0.310 e. The van der Waals surface area contributed by atoms with Gasteiger partial charge in [-0.25, -0.2) is 51.6 Å². The topological polar surface area (TPSA) is 193 Å². The van der Waals surface area contributed by atoms with Gasteiger partial charge in [-0.2, -0.15) is 12.9 Å². The van der Waals surface area contributed by atoms with E-state index in [9.17, 15) is 66.0 Å². The number of nitrogens with zero attached hydrogens (tertiary/aromatic N) is 3. The molecule has 3 aliphatic heterocycles. The molecule has 23 heteroatoms. The Morgan fingerprint density at radius 3 is 0.965 bits per heavy atom. The fourth-order valence-corrected chi connectivity index (χ4v) is 17.4. The highest BCUT2D eigenvalue weighted by Crippen LogP contribution is 2.41. The highest BCUT2D eigenvalue weighted by atomic mass is 32.2. The number of aliphatic carboxylic acids is 1. The van der Waals surface area contributed by atoms with Crippen LogP contribution in [0.4, 0.5) is 26.3 Å². The van der Waals surface area contributed by atoms with E-state index in [1.165, 1.54) is 19.8 Å². The molecule has 3 heterocycles. The van der Waals surface area contributed by atoms with Crippen LogP contribution in [0.3, 0.4) is 0 Å². The molecule has 85 heavy (non-hydrogen) atoms. The van der Waals surface area contributed by atoms with E-state index in [4.69, 9.17) is 5.11 Å². The highest BCUT2D eigenvalue weighted by Gasteiger charge is 2.43. The van der Waals surface area contributed by atoms with Crippen molar-refractivity contribution in [1.82, 2.24) is 12.9 Å². The third-order valence-corrected chi connectivity index (χ3v) is 22.7. The number of hydrogen-bond donors (Lipinski definition) is 1. The van der Waals surface area contributed by atoms with Crippen LogP contribution in [0.15, 0.2) is 127 Å². The van der Waals surface area contributed by atoms with Crippen molar-refractivity contribution in [2.45, 2.75) is 139 Å². The Kier molecular flexibility index (Phi) is 21.8. The molecule has 0 spiro atoms. The second-order valence-electron chi connectivity index (χ2n) is 21.6. The molecule has 6 atom stereocenters. The van der Waals surface area contributed by atoms with E-state index in [1.807, 2.05) is 12.1 Å². The van der Waals surface area contributed by atoms with Crippen LogP contribution in [0.1, 0.15) is 132 Å². The van der Waals surface area contributed by atoms with Crippen molar-refractivity contribution in [2.75, 3.05) is 7.11 Å². The quantitative estimate of drug-likeness (QED) is 0.0760. The number of carbonyl (C=O) groups is 3. The first-order valence-corrected chi connectivity index (χ1v) is 32.0. The fourth-order valence-electron chi connectivity index (χ4n) is 10.9. The van der Waals surface area contributed by atoms with Crippen molar-refractivity contribution >= 4 is 47.8 Å². The average Bonchev–Trinajstić information content (AvgIpc) is 1.47. The maximum absolute atomic E-state index is 14.6. The van der Waals surface area contributed by atoms with E-state index in [0.717, 1.165) is 43.5 Å². The predicted octanol–water partition coefficient (Wildman–Crippen LogP) is 11.5. The van der Waals surface area contributed by atoms with E-state index < -0.39 is 106 Å². The molecule has 6 aromatic carbocycles. The third kappa shape index (κ3) is 15.8. The van der Waals surface area contributed by atoms with Crippen molar-refractivity contribution in [1.29, 1.82) is 0 Å². The lowest BCUT2D eigenvalue weighted by Gasteiger charge is -2.37. The molecule has 0 aromatic heterocycles. The van der Waals surface area contributed by atoms with Gasteiger partial charge >= 0.3 is 11.9 Å². The number of rotatable bonds is 15. The summed E-state index contributed by atoms with van der Waals surface area (Å²) in [4.78, 5) is 33.3. The number of Topliss-reactive ketones (excluding diaryl/α,β-unsaturated/α-hetero) is 1. The van der Waals surface area contributed by atoms with Gasteiger partial charge in [-0.3, -0.25) is 14.4 Å². The Bertz CT molecular complexity index is 3560. The summed E-state index contributed by atoms with van der Waals surface area (Å²) < 4.78 is 174. The van der Waals surface area contributed by atoms with Gasteiger partial charge in [0.05, 0.1) is 20.0 Å². The van der Waals surface area contributed by atoms with Crippen LogP contribution in [0.2, 0.25) is 0 Å². The lowest BCUT2D eigenvalue weighted by molar-refractivity contribution is -0.140. The number of esters is 1. The van der Waals surface area contributed by atoms with Gasteiger partial charge in [-0.1, -0.05) is 91.0 Å². The van der Waals surface area contributed by atoms with Gasteiger partial charge in [-0.15, -0.1) is 0 Å². The SMILES string of the molecule is CC(=O)Cc1cc(F)c(CN2[C@@H](C)CC[C@H](c3ccccc3)S2(=O)=O)cc1F.COC(=O)Cc1cc(F)c(CN2[C@@H](C)CC[C@H](c3ccccc3)S2(=O)=O)cc1F.C[C@H]1CC[C@H](c2ccccc2)S(=O)(=O)N1Cc1cc(F)c(CC(=O)O)cc1F. The minimum Gasteiger partial charge on any atom is -0.481 e. The summed E-state index contributed by atoms with van der Waals surface area (Å²) in [6.45, 7) is 5.77. The number of hydrogen-bond acceptors (Lipinski definition) is 10. The number of benzene rings is 6. The normalized spacial score (nSPS) is 22.0. The second kappa shape index (κ2) is 28.2. The predicted molar refractivity (Wildman–Crippen MR) is 308 cm³/mol. The number of halogens is 6. The average molecular weight is 1240 g/mol. The van der Waals surface area contributed by atoms with Crippen LogP contribution in [0, 0.1) is 34.9 Å². The summed E-state index contributed by atoms with van der Waals surface area (Å²) in [6, 6.07) is 31.3. The summed E-state index contributed by atoms with van der Waals surface area (Å²) in [5.41, 5.74) is 1.41. The molecule has 3 aliphatic rings. The minimum atomic E-state index is -3.77. The molecule has 0 unspecified atom stereocenters. The van der Waals surface area contributed by atoms with Crippen molar-refractivity contribution in [2.24, 2.45) is 0 Å². The Hall–Kier alpha value is -6.76. The molecule has 9 rings (SSSR count). The first-order chi connectivity index (χ1) is 40.1. The maximum atomic E-state index is 14.6. The Morgan fingerprint density at radius 2 is 0.694 bits per heavy atom. The molecule has 3 fully saturated rings. The van der Waals surface area contributed by atoms with Gasteiger partial charge in [0.2, 0.25) is 30.1 Å². The highest BCUT2D eigenvalue weighted by molar-refractivity contribution is 7.90. The van der Waals surface area contributed by atoms with E-state index in [0.29, 0.717) is 55.2 Å². The van der Waals surface area contributed by atoms with Crippen LogP contribution in [0.25, 0.3) is 0 Å². The van der Waals surface area contributed by atoms with E-state index in [-0.39, 0.29) is 83.3 Å². The van der Waals surface area contributed by atoms with Gasteiger partial charge in [0.15, 0.2) is 0 Å². The van der Waals surface area contributed by atoms with Crippen molar-refractivity contribution < 1.29 is 75.8 Å². The van der Waals surface area contributed by atoms with Crippen LogP contribution >= 0.6 is 0 Å². The lowest BCUT2D eigenvalue weighted by Crippen LogP contribution is -2.44. The Morgan fingerprint density at radius 1 is 0.435 bits per heavy atom. The van der Waals surface area contributed by atoms with Crippen LogP contribution in [-0.4, -0.2) is 86.2 Å². The number of ketones is 1. The van der Waals surface area contributed by atoms with Crippen LogP contribution in [-0.2, 0) is 88.1 Å². The number of ether oxygens (including phenoxy) is 1. The van der Waals surface area contributed by atoms with Crippen LogP contribution in [0.5, 0.6) is 0 Å². The van der Waals surface area contributed by atoms with Gasteiger partial charge < -0.3 is 9.84 Å². The van der Waals surface area contributed by atoms with Crippen molar-refractivity contribution in [3.8, 4) is 0 Å². The molecule has 456 valence electrons. The fraction of sp³-hybridized carbons (Fsp3) is 0.371. The summed E-state index contributed by atoms with van der Waals surface area (Å²) in [5.74, 6) is -6.84. The molecule has 0 bridgehead atoms. The number of carboxylic acid groups (broad SMARTS) is 1. The summed E-state index contributed by atoms with van der Waals surface area (Å²) >= 11 is 0. The minimum absolute atomic E-state index is 0.0227. The summed E-state index contributed by atoms with van der Waals surface area (Å²) in [6.07, 6.45) is 2.02. The zero-order valence-electron chi connectivity index (χ0n) is 47.4. The number of sulfonamides is 3. The smallest absolute Gasteiger partial charge is 0.310 e. The summed E-state index contributed by atoms with van der Waals surface area (Å²) in [5, 5.41) is 6.63. The van der Waals surface area contributed by atoms with Gasteiger partial charge in [0.1, 0.15) is 56.4 Å². The molecule has 0 radical (unpaired) electrons. The van der Waals surface area contributed by atoms with Gasteiger partial charge in [0, 0.05) is 72.0 Å². The summed E-state index contributed by atoms with van der Waals surface area (Å²) in [7, 11) is -10.1. The molecule has 14 nitrogen and oxygen atoms in total. The first kappa shape index (κ1) is 65.8.